The maximum atomic E-state index is 13.2. The van der Waals surface area contributed by atoms with Crippen molar-refractivity contribution >= 4 is 12.0 Å². The van der Waals surface area contributed by atoms with E-state index in [4.69, 9.17) is 0 Å². The molecule has 3 aliphatic heterocycles. The molecule has 0 saturated carbocycles. The summed E-state index contributed by atoms with van der Waals surface area (Å²) in [6, 6.07) is 4.01. The molecule has 6 heteroatoms. The highest BCUT2D eigenvalue weighted by Crippen LogP contribution is 2.39. The summed E-state index contributed by atoms with van der Waals surface area (Å²) >= 11 is 0. The van der Waals surface area contributed by atoms with Crippen LogP contribution in [0.25, 0.3) is 0 Å². The van der Waals surface area contributed by atoms with Crippen molar-refractivity contribution < 1.29 is 4.39 Å². The molecule has 0 bridgehead atoms. The molecule has 0 unspecified atom stereocenters. The van der Waals surface area contributed by atoms with E-state index in [1.807, 2.05) is 12.3 Å². The molecule has 0 atom stereocenters. The lowest BCUT2D eigenvalue weighted by molar-refractivity contribution is -0.108. The second-order valence-corrected chi connectivity index (χ2v) is 6.78. The van der Waals surface area contributed by atoms with Crippen molar-refractivity contribution in [2.75, 3.05) is 44.8 Å². The highest BCUT2D eigenvalue weighted by Gasteiger charge is 2.49. The average Bonchev–Trinajstić information content (AvgIpc) is 2.44. The van der Waals surface area contributed by atoms with E-state index in [-0.39, 0.29) is 5.83 Å². The zero-order valence-electron chi connectivity index (χ0n) is 12.7. The first-order chi connectivity index (χ1) is 10.6. The van der Waals surface area contributed by atoms with Gasteiger partial charge in [-0.25, -0.2) is 9.37 Å². The van der Waals surface area contributed by atoms with Gasteiger partial charge in [0, 0.05) is 50.5 Å². The van der Waals surface area contributed by atoms with Gasteiger partial charge in [0.1, 0.15) is 12.5 Å². The van der Waals surface area contributed by atoms with Crippen molar-refractivity contribution in [3.63, 3.8) is 0 Å². The third kappa shape index (κ3) is 2.53. The second-order valence-electron chi connectivity index (χ2n) is 6.78. The molecule has 22 heavy (non-hydrogen) atoms. The molecular formula is C16H20FN5. The number of aromatic nitrogens is 1. The summed E-state index contributed by atoms with van der Waals surface area (Å²) in [4.78, 5) is 14.9. The van der Waals surface area contributed by atoms with E-state index in [0.29, 0.717) is 12.1 Å². The third-order valence-electron chi connectivity index (χ3n) is 4.57. The molecule has 4 rings (SSSR count). The maximum absolute atomic E-state index is 13.2. The Balaban J connectivity index is 1.34. The molecule has 2 saturated heterocycles. The fourth-order valence-electron chi connectivity index (χ4n) is 3.83. The smallest absolute Gasteiger partial charge is 0.157 e. The van der Waals surface area contributed by atoms with Gasteiger partial charge in [-0.2, -0.15) is 0 Å². The van der Waals surface area contributed by atoms with E-state index < -0.39 is 0 Å². The summed E-state index contributed by atoms with van der Waals surface area (Å²) in [7, 11) is 2.18. The molecular weight excluding hydrogens is 281 g/mol. The summed E-state index contributed by atoms with van der Waals surface area (Å²) in [5.41, 5.74) is 1.77. The molecule has 0 radical (unpaired) electrons. The Kier molecular flexibility index (Phi) is 3.23. The van der Waals surface area contributed by atoms with Crippen molar-refractivity contribution in [2.24, 2.45) is 10.4 Å². The maximum Gasteiger partial charge on any atom is 0.157 e. The van der Waals surface area contributed by atoms with Crippen LogP contribution in [0.2, 0.25) is 0 Å². The van der Waals surface area contributed by atoms with E-state index in [9.17, 15) is 4.39 Å². The lowest BCUT2D eigenvalue weighted by atomic mass is 9.73. The predicted molar refractivity (Wildman–Crippen MR) is 84.5 cm³/mol. The summed E-state index contributed by atoms with van der Waals surface area (Å²) in [5, 5.41) is 0. The Morgan fingerprint density at radius 3 is 2.68 bits per heavy atom. The largest absolute Gasteiger partial charge is 0.310 e. The SMILES string of the molecule is CN1CC2(C1)CN(Cc1ccc(N3C=C(F)C=NC3)nc1)C2. The van der Waals surface area contributed by atoms with Gasteiger partial charge in [-0.1, -0.05) is 6.07 Å². The van der Waals surface area contributed by atoms with Gasteiger partial charge in [0.2, 0.25) is 0 Å². The first-order valence-electron chi connectivity index (χ1n) is 7.62. The number of rotatable bonds is 3. The third-order valence-corrected chi connectivity index (χ3v) is 4.57. The fourth-order valence-corrected chi connectivity index (χ4v) is 3.83. The molecule has 4 heterocycles. The number of aliphatic imine (C=N–C) groups is 1. The molecule has 3 aliphatic rings. The van der Waals surface area contributed by atoms with Crippen LogP contribution in [0.3, 0.4) is 0 Å². The number of likely N-dealkylation sites (tertiary alicyclic amines) is 2. The van der Waals surface area contributed by atoms with Crippen LogP contribution in [0.15, 0.2) is 35.3 Å². The Hall–Kier alpha value is -1.79. The van der Waals surface area contributed by atoms with E-state index in [1.54, 1.807) is 4.90 Å². The Morgan fingerprint density at radius 1 is 1.23 bits per heavy atom. The van der Waals surface area contributed by atoms with E-state index in [2.05, 4.69) is 32.9 Å². The van der Waals surface area contributed by atoms with Crippen LogP contribution in [0.1, 0.15) is 5.56 Å². The van der Waals surface area contributed by atoms with Gasteiger partial charge in [-0.15, -0.1) is 0 Å². The number of anilines is 1. The van der Waals surface area contributed by atoms with Crippen LogP contribution in [-0.4, -0.2) is 60.9 Å². The molecule has 2 fully saturated rings. The van der Waals surface area contributed by atoms with E-state index in [0.717, 1.165) is 12.4 Å². The lowest BCUT2D eigenvalue weighted by Gasteiger charge is -2.59. The topological polar surface area (TPSA) is 35.0 Å². The fraction of sp³-hybridized carbons (Fsp3) is 0.500. The average molecular weight is 301 g/mol. The standard InChI is InChI=1S/C16H20FN5/c1-20-8-16(9-20)10-21(11-16)6-13-2-3-15(19-4-13)22-7-14(17)5-18-12-22/h2-5,7H,6,8-12H2,1H3. The molecule has 0 aliphatic carbocycles. The van der Waals surface area contributed by atoms with E-state index >= 15 is 0 Å². The molecule has 0 aromatic carbocycles. The van der Waals surface area contributed by atoms with Crippen LogP contribution in [0.5, 0.6) is 0 Å². The zero-order valence-corrected chi connectivity index (χ0v) is 12.7. The van der Waals surface area contributed by atoms with E-state index in [1.165, 1.54) is 44.2 Å². The number of nitrogens with zero attached hydrogens (tertiary/aromatic N) is 5. The van der Waals surface area contributed by atoms with Crippen LogP contribution < -0.4 is 4.90 Å². The molecule has 1 aromatic heterocycles. The number of hydrogen-bond acceptors (Lipinski definition) is 5. The van der Waals surface area contributed by atoms with Crippen LogP contribution in [-0.2, 0) is 6.54 Å². The van der Waals surface area contributed by atoms with Gasteiger partial charge in [0.15, 0.2) is 5.83 Å². The molecule has 5 nitrogen and oxygen atoms in total. The first-order valence-corrected chi connectivity index (χ1v) is 7.62. The Morgan fingerprint density at radius 2 is 2.05 bits per heavy atom. The number of allylic oxidation sites excluding steroid dienone is 1. The Bertz CT molecular complexity index is 610. The van der Waals surface area contributed by atoms with Crippen molar-refractivity contribution in [3.05, 3.63) is 35.9 Å². The van der Waals surface area contributed by atoms with Crippen molar-refractivity contribution in [1.82, 2.24) is 14.8 Å². The zero-order chi connectivity index (χ0) is 15.2. The minimum Gasteiger partial charge on any atom is -0.310 e. The Labute approximate surface area is 129 Å². The summed E-state index contributed by atoms with van der Waals surface area (Å²) < 4.78 is 13.2. The first kappa shape index (κ1) is 13.8. The number of hydrogen-bond donors (Lipinski definition) is 0. The van der Waals surface area contributed by atoms with Crippen molar-refractivity contribution in [2.45, 2.75) is 6.54 Å². The normalized spacial score (nSPS) is 24.1. The van der Waals surface area contributed by atoms with Crippen LogP contribution in [0, 0.1) is 5.41 Å². The molecule has 0 N–H and O–H groups in total. The molecule has 0 amide bonds. The minimum atomic E-state index is -0.339. The minimum absolute atomic E-state index is 0.339. The quantitative estimate of drug-likeness (QED) is 0.847. The van der Waals surface area contributed by atoms with Gasteiger partial charge < -0.3 is 9.80 Å². The van der Waals surface area contributed by atoms with Gasteiger partial charge in [0.05, 0.1) is 6.21 Å². The monoisotopic (exact) mass is 301 g/mol. The molecule has 116 valence electrons. The number of pyridine rings is 1. The van der Waals surface area contributed by atoms with Gasteiger partial charge in [0.25, 0.3) is 0 Å². The summed E-state index contributed by atoms with van der Waals surface area (Å²) in [6.45, 7) is 6.20. The van der Waals surface area contributed by atoms with Crippen molar-refractivity contribution in [3.8, 4) is 0 Å². The summed E-state index contributed by atoms with van der Waals surface area (Å²) in [5.74, 6) is 0.393. The molecule has 1 aromatic rings. The van der Waals surface area contributed by atoms with Gasteiger partial charge in [-0.05, 0) is 18.7 Å². The highest BCUT2D eigenvalue weighted by molar-refractivity contribution is 5.77. The molecule has 1 spiro atoms. The number of halogens is 1. The van der Waals surface area contributed by atoms with Gasteiger partial charge in [-0.3, -0.25) is 9.89 Å². The van der Waals surface area contributed by atoms with Crippen LogP contribution >= 0.6 is 0 Å². The van der Waals surface area contributed by atoms with Gasteiger partial charge >= 0.3 is 0 Å². The van der Waals surface area contributed by atoms with Crippen LogP contribution in [0.4, 0.5) is 10.2 Å². The lowest BCUT2D eigenvalue weighted by Crippen LogP contribution is -2.70. The predicted octanol–water partition coefficient (Wildman–Crippen LogP) is 1.49. The second kappa shape index (κ2) is 5.14. The highest BCUT2D eigenvalue weighted by atomic mass is 19.1. The van der Waals surface area contributed by atoms with Crippen molar-refractivity contribution in [1.29, 1.82) is 0 Å². The summed E-state index contributed by atoms with van der Waals surface area (Å²) in [6.07, 6.45) is 4.56.